The highest BCUT2D eigenvalue weighted by Gasteiger charge is 2.48. The number of rotatable bonds is 3. The van der Waals surface area contributed by atoms with E-state index in [2.05, 4.69) is 6.58 Å². The normalized spacial score (nSPS) is 17.7. The lowest BCUT2D eigenvalue weighted by Crippen LogP contribution is -2.16. The van der Waals surface area contributed by atoms with Gasteiger partial charge in [-0.2, -0.15) is 26.3 Å². The Hall–Kier alpha value is -1.66. The van der Waals surface area contributed by atoms with E-state index in [-0.39, 0.29) is 11.6 Å². The van der Waals surface area contributed by atoms with Gasteiger partial charge in [-0.25, -0.2) is 0 Å². The molecule has 0 spiro atoms. The van der Waals surface area contributed by atoms with E-state index in [1.54, 1.807) is 0 Å². The number of halogens is 6. The first-order valence-corrected chi connectivity index (χ1v) is 5.67. The van der Waals surface area contributed by atoms with Crippen molar-refractivity contribution in [2.75, 3.05) is 0 Å². The van der Waals surface area contributed by atoms with Crippen LogP contribution in [-0.2, 0) is 22.7 Å². The van der Waals surface area contributed by atoms with Gasteiger partial charge in [-0.3, -0.25) is 0 Å². The monoisotopic (exact) mass is 296 g/mol. The van der Waals surface area contributed by atoms with Gasteiger partial charge in [-0.05, 0) is 36.6 Å². The summed E-state index contributed by atoms with van der Waals surface area (Å²) in [5, 5.41) is 0. The fourth-order valence-corrected chi connectivity index (χ4v) is 1.97. The fourth-order valence-electron chi connectivity index (χ4n) is 1.97. The van der Waals surface area contributed by atoms with Crippen LogP contribution in [0.1, 0.15) is 29.5 Å². The van der Waals surface area contributed by atoms with Crippen molar-refractivity contribution in [1.82, 2.24) is 0 Å². The average Bonchev–Trinajstić information content (AvgIpc) is 3.08. The van der Waals surface area contributed by atoms with Gasteiger partial charge < -0.3 is 4.74 Å². The zero-order valence-corrected chi connectivity index (χ0v) is 10.1. The van der Waals surface area contributed by atoms with Crippen LogP contribution in [0.2, 0.25) is 0 Å². The molecule has 0 unspecified atom stereocenters. The van der Waals surface area contributed by atoms with Crippen molar-refractivity contribution in [2.45, 2.75) is 30.8 Å². The van der Waals surface area contributed by atoms with Gasteiger partial charge in [0.1, 0.15) is 5.60 Å². The number of alkyl halides is 6. The fraction of sp³-hybridized carbons (Fsp3) is 0.385. The Balaban J connectivity index is 2.55. The molecule has 110 valence electrons. The third-order valence-electron chi connectivity index (χ3n) is 3.13. The number of hydrogen-bond acceptors (Lipinski definition) is 1. The van der Waals surface area contributed by atoms with Gasteiger partial charge in [0, 0.05) is 0 Å². The zero-order valence-electron chi connectivity index (χ0n) is 10.1. The van der Waals surface area contributed by atoms with Crippen molar-refractivity contribution in [2.24, 2.45) is 0 Å². The van der Waals surface area contributed by atoms with E-state index in [1.807, 2.05) is 0 Å². The summed E-state index contributed by atoms with van der Waals surface area (Å²) in [4.78, 5) is 0. The molecule has 0 N–H and O–H groups in total. The van der Waals surface area contributed by atoms with Gasteiger partial charge in [0.05, 0.1) is 17.4 Å². The Morgan fingerprint density at radius 1 is 0.950 bits per heavy atom. The molecule has 0 bridgehead atoms. The second-order valence-corrected chi connectivity index (χ2v) is 4.57. The molecule has 7 heteroatoms. The summed E-state index contributed by atoms with van der Waals surface area (Å²) < 4.78 is 81.3. The molecule has 1 nitrogen and oxygen atoms in total. The molecular formula is C13H10F6O. The maximum Gasteiger partial charge on any atom is 0.416 e. The van der Waals surface area contributed by atoms with Crippen LogP contribution in [0.25, 0.3) is 0 Å². The third-order valence-corrected chi connectivity index (χ3v) is 3.13. The van der Waals surface area contributed by atoms with E-state index in [9.17, 15) is 26.3 Å². The minimum atomic E-state index is -4.85. The van der Waals surface area contributed by atoms with E-state index in [4.69, 9.17) is 4.74 Å². The summed E-state index contributed by atoms with van der Waals surface area (Å²) in [6, 6.07) is 1.50. The predicted octanol–water partition coefficient (Wildman–Crippen LogP) is 4.87. The molecule has 1 aromatic rings. The summed E-state index contributed by atoms with van der Waals surface area (Å²) in [7, 11) is 0. The maximum atomic E-state index is 12.7. The maximum absolute atomic E-state index is 12.7. The van der Waals surface area contributed by atoms with Crippen molar-refractivity contribution >= 4 is 0 Å². The van der Waals surface area contributed by atoms with E-state index < -0.39 is 29.1 Å². The van der Waals surface area contributed by atoms with Crippen molar-refractivity contribution < 1.29 is 31.1 Å². The first kappa shape index (κ1) is 14.7. The zero-order chi connectivity index (χ0) is 15.2. The SMILES string of the molecule is C=COC1(c2cc(C(F)(F)F)cc(C(F)(F)F)c2)CC1. The third kappa shape index (κ3) is 2.76. The van der Waals surface area contributed by atoms with Gasteiger partial charge in [0.25, 0.3) is 0 Å². The van der Waals surface area contributed by atoms with Gasteiger partial charge in [-0.15, -0.1) is 0 Å². The molecule has 0 saturated heterocycles. The lowest BCUT2D eigenvalue weighted by Gasteiger charge is -2.19. The molecule has 0 atom stereocenters. The molecule has 0 radical (unpaired) electrons. The lowest BCUT2D eigenvalue weighted by atomic mass is 9.99. The van der Waals surface area contributed by atoms with Crippen molar-refractivity contribution in [3.05, 3.63) is 47.7 Å². The topological polar surface area (TPSA) is 9.23 Å². The Morgan fingerprint density at radius 3 is 1.70 bits per heavy atom. The number of ether oxygens (including phenoxy) is 1. The Kier molecular flexibility index (Phi) is 3.26. The van der Waals surface area contributed by atoms with Crippen molar-refractivity contribution in [3.63, 3.8) is 0 Å². The molecule has 2 rings (SSSR count). The van der Waals surface area contributed by atoms with Crippen LogP contribution in [0.15, 0.2) is 31.0 Å². The van der Waals surface area contributed by atoms with Crippen LogP contribution in [-0.4, -0.2) is 0 Å². The summed E-state index contributed by atoms with van der Waals surface area (Å²) in [6.07, 6.45) is -7.95. The van der Waals surface area contributed by atoms with E-state index >= 15 is 0 Å². The van der Waals surface area contributed by atoms with Crippen LogP contribution < -0.4 is 0 Å². The first-order chi connectivity index (χ1) is 9.08. The van der Waals surface area contributed by atoms with Gasteiger partial charge in [-0.1, -0.05) is 6.58 Å². The number of hydrogen-bond donors (Lipinski definition) is 0. The molecule has 1 aliphatic carbocycles. The second kappa shape index (κ2) is 4.43. The first-order valence-electron chi connectivity index (χ1n) is 5.67. The smallest absolute Gasteiger partial charge is 0.416 e. The Morgan fingerprint density at radius 2 is 1.40 bits per heavy atom. The van der Waals surface area contributed by atoms with Crippen LogP contribution >= 0.6 is 0 Å². The highest BCUT2D eigenvalue weighted by Crippen LogP contribution is 2.51. The second-order valence-electron chi connectivity index (χ2n) is 4.57. The Labute approximate surface area is 110 Å². The minimum Gasteiger partial charge on any atom is -0.491 e. The molecule has 1 saturated carbocycles. The van der Waals surface area contributed by atoms with E-state index in [0.717, 1.165) is 6.26 Å². The predicted molar refractivity (Wildman–Crippen MR) is 58.6 cm³/mol. The van der Waals surface area contributed by atoms with Crippen LogP contribution in [0.3, 0.4) is 0 Å². The lowest BCUT2D eigenvalue weighted by molar-refractivity contribution is -0.143. The van der Waals surface area contributed by atoms with Gasteiger partial charge >= 0.3 is 12.4 Å². The van der Waals surface area contributed by atoms with Gasteiger partial charge in [0.2, 0.25) is 0 Å². The molecule has 1 fully saturated rings. The minimum absolute atomic E-state index is 0.105. The molecule has 20 heavy (non-hydrogen) atoms. The summed E-state index contributed by atoms with van der Waals surface area (Å²) in [6.45, 7) is 3.29. The highest BCUT2D eigenvalue weighted by molar-refractivity contribution is 5.39. The summed E-state index contributed by atoms with van der Waals surface area (Å²) in [5.74, 6) is 0. The standard InChI is InChI=1S/C13H10F6O/c1-2-20-11(3-4-11)8-5-9(12(14,15)16)7-10(6-8)13(17,18)19/h2,5-7H,1,3-4H2. The molecule has 1 aliphatic rings. The number of benzene rings is 1. The molecule has 0 aliphatic heterocycles. The van der Waals surface area contributed by atoms with Crippen molar-refractivity contribution in [3.8, 4) is 0 Å². The van der Waals surface area contributed by atoms with Crippen molar-refractivity contribution in [1.29, 1.82) is 0 Å². The molecule has 1 aromatic carbocycles. The van der Waals surface area contributed by atoms with E-state index in [0.29, 0.717) is 25.0 Å². The average molecular weight is 296 g/mol. The Bertz CT molecular complexity index is 492. The molecule has 0 heterocycles. The molecule has 0 aromatic heterocycles. The summed E-state index contributed by atoms with van der Waals surface area (Å²) in [5.41, 5.74) is -3.90. The van der Waals surface area contributed by atoms with Crippen LogP contribution in [0, 0.1) is 0 Å². The molecular weight excluding hydrogens is 286 g/mol. The van der Waals surface area contributed by atoms with Crippen LogP contribution in [0.4, 0.5) is 26.3 Å². The van der Waals surface area contributed by atoms with Crippen LogP contribution in [0.5, 0.6) is 0 Å². The van der Waals surface area contributed by atoms with E-state index in [1.165, 1.54) is 0 Å². The quantitative estimate of drug-likeness (QED) is 0.571. The highest BCUT2D eigenvalue weighted by atomic mass is 19.4. The van der Waals surface area contributed by atoms with Gasteiger partial charge in [0.15, 0.2) is 0 Å². The molecule has 0 amide bonds. The largest absolute Gasteiger partial charge is 0.491 e. The summed E-state index contributed by atoms with van der Waals surface area (Å²) >= 11 is 0.